The van der Waals surface area contributed by atoms with Gasteiger partial charge < -0.3 is 9.26 Å². The van der Waals surface area contributed by atoms with Crippen LogP contribution in [0.15, 0.2) is 50.5 Å². The molecule has 0 saturated carbocycles. The molecule has 0 atom stereocenters. The van der Waals surface area contributed by atoms with Gasteiger partial charge in [-0.25, -0.2) is 13.2 Å². The van der Waals surface area contributed by atoms with E-state index in [0.29, 0.717) is 5.82 Å². The predicted molar refractivity (Wildman–Crippen MR) is 86.3 cm³/mol. The molecule has 0 saturated heterocycles. The number of carbonyl (C=O) groups is 1. The summed E-state index contributed by atoms with van der Waals surface area (Å²) in [6.07, 6.45) is 1.10. The monoisotopic (exact) mass is 364 g/mol. The summed E-state index contributed by atoms with van der Waals surface area (Å²) >= 11 is 1.51. The zero-order valence-electron chi connectivity index (χ0n) is 12.5. The van der Waals surface area contributed by atoms with Gasteiger partial charge in [-0.2, -0.15) is 16.3 Å². The first kappa shape index (κ1) is 16.3. The lowest BCUT2D eigenvalue weighted by molar-refractivity contribution is 0.0429. The second-order valence-electron chi connectivity index (χ2n) is 4.90. The van der Waals surface area contributed by atoms with Crippen molar-refractivity contribution < 1.29 is 22.5 Å². The number of nitrogens with zero attached hydrogens (tertiary/aromatic N) is 2. The van der Waals surface area contributed by atoms with E-state index in [9.17, 15) is 13.2 Å². The fourth-order valence-electron chi connectivity index (χ4n) is 1.87. The van der Waals surface area contributed by atoms with E-state index in [0.717, 1.165) is 11.8 Å². The van der Waals surface area contributed by atoms with E-state index < -0.39 is 15.8 Å². The molecule has 0 amide bonds. The summed E-state index contributed by atoms with van der Waals surface area (Å²) in [6.45, 7) is -0.163. The van der Waals surface area contributed by atoms with E-state index in [-0.39, 0.29) is 23.0 Å². The van der Waals surface area contributed by atoms with Gasteiger partial charge in [0.15, 0.2) is 16.4 Å². The molecule has 0 unspecified atom stereocenters. The van der Waals surface area contributed by atoms with Gasteiger partial charge in [0, 0.05) is 17.2 Å². The van der Waals surface area contributed by atoms with E-state index in [1.165, 1.54) is 35.6 Å². The van der Waals surface area contributed by atoms with Crippen LogP contribution in [0, 0.1) is 0 Å². The van der Waals surface area contributed by atoms with Gasteiger partial charge in [-0.1, -0.05) is 5.16 Å². The number of carbonyl (C=O) groups excluding carboxylic acids is 1. The SMILES string of the molecule is CS(=O)(=O)c1ccc(C(=O)OCc2nc(-c3ccsc3)no2)cc1. The van der Waals surface area contributed by atoms with Crippen LogP contribution in [0.5, 0.6) is 0 Å². The predicted octanol–water partition coefficient (Wildman–Crippen LogP) is 2.56. The van der Waals surface area contributed by atoms with Gasteiger partial charge in [-0.15, -0.1) is 0 Å². The van der Waals surface area contributed by atoms with Crippen molar-refractivity contribution in [3.05, 3.63) is 52.5 Å². The summed E-state index contributed by atoms with van der Waals surface area (Å²) in [6, 6.07) is 7.35. The van der Waals surface area contributed by atoms with Crippen LogP contribution >= 0.6 is 11.3 Å². The average molecular weight is 364 g/mol. The van der Waals surface area contributed by atoms with Crippen molar-refractivity contribution in [1.82, 2.24) is 10.1 Å². The van der Waals surface area contributed by atoms with Crippen LogP contribution in [0.4, 0.5) is 0 Å². The van der Waals surface area contributed by atoms with Crippen molar-refractivity contribution in [2.24, 2.45) is 0 Å². The molecule has 124 valence electrons. The fourth-order valence-corrected chi connectivity index (χ4v) is 3.14. The number of aromatic nitrogens is 2. The highest BCUT2D eigenvalue weighted by atomic mass is 32.2. The molecule has 1 aromatic carbocycles. The molecular weight excluding hydrogens is 352 g/mol. The molecule has 7 nitrogen and oxygen atoms in total. The molecule has 3 rings (SSSR count). The second kappa shape index (κ2) is 6.54. The molecule has 0 aliphatic rings. The van der Waals surface area contributed by atoms with Gasteiger partial charge in [0.25, 0.3) is 5.89 Å². The van der Waals surface area contributed by atoms with Gasteiger partial charge in [0.1, 0.15) is 0 Å². The Morgan fingerprint density at radius 1 is 1.25 bits per heavy atom. The number of rotatable bonds is 5. The summed E-state index contributed by atoms with van der Waals surface area (Å²) in [5.74, 6) is 0.00226. The van der Waals surface area contributed by atoms with Crippen molar-refractivity contribution in [2.45, 2.75) is 11.5 Å². The number of hydrogen-bond donors (Lipinski definition) is 0. The molecule has 0 radical (unpaired) electrons. The maximum atomic E-state index is 12.0. The lowest BCUT2D eigenvalue weighted by Gasteiger charge is -2.03. The molecule has 2 heterocycles. The third-order valence-electron chi connectivity index (χ3n) is 3.09. The highest BCUT2D eigenvalue weighted by Gasteiger charge is 2.14. The maximum Gasteiger partial charge on any atom is 0.338 e. The molecule has 0 fully saturated rings. The van der Waals surface area contributed by atoms with E-state index in [4.69, 9.17) is 9.26 Å². The minimum absolute atomic E-state index is 0.136. The average Bonchev–Trinajstić information content (AvgIpc) is 3.23. The minimum atomic E-state index is -3.30. The third-order valence-corrected chi connectivity index (χ3v) is 4.90. The van der Waals surface area contributed by atoms with Crippen LogP contribution < -0.4 is 0 Å². The highest BCUT2D eigenvalue weighted by molar-refractivity contribution is 7.90. The Hall–Kier alpha value is -2.52. The highest BCUT2D eigenvalue weighted by Crippen LogP contribution is 2.19. The molecule has 9 heteroatoms. The topological polar surface area (TPSA) is 99.4 Å². The Balaban J connectivity index is 1.63. The molecule has 3 aromatic rings. The Kier molecular flexibility index (Phi) is 4.45. The van der Waals surface area contributed by atoms with Crippen LogP contribution in [-0.4, -0.2) is 30.8 Å². The Morgan fingerprint density at radius 3 is 2.62 bits per heavy atom. The first-order chi connectivity index (χ1) is 11.4. The van der Waals surface area contributed by atoms with Gasteiger partial charge in [-0.3, -0.25) is 0 Å². The van der Waals surface area contributed by atoms with E-state index >= 15 is 0 Å². The van der Waals surface area contributed by atoms with Crippen LogP contribution in [0.2, 0.25) is 0 Å². The van der Waals surface area contributed by atoms with Gasteiger partial charge >= 0.3 is 5.97 Å². The molecule has 0 bridgehead atoms. The lowest BCUT2D eigenvalue weighted by Crippen LogP contribution is -2.06. The van der Waals surface area contributed by atoms with Gasteiger partial charge in [0.2, 0.25) is 5.82 Å². The summed E-state index contributed by atoms with van der Waals surface area (Å²) in [5, 5.41) is 7.58. The maximum absolute atomic E-state index is 12.0. The van der Waals surface area contributed by atoms with Crippen molar-refractivity contribution in [3.8, 4) is 11.4 Å². The quantitative estimate of drug-likeness (QED) is 0.641. The van der Waals surface area contributed by atoms with Gasteiger partial charge in [-0.05, 0) is 35.7 Å². The summed E-state index contributed by atoms with van der Waals surface area (Å²) in [7, 11) is -3.30. The van der Waals surface area contributed by atoms with Crippen LogP contribution in [0.3, 0.4) is 0 Å². The largest absolute Gasteiger partial charge is 0.452 e. The fraction of sp³-hybridized carbons (Fsp3) is 0.133. The number of ether oxygens (including phenoxy) is 1. The zero-order chi connectivity index (χ0) is 17.2. The summed E-state index contributed by atoms with van der Waals surface area (Å²) < 4.78 is 32.9. The van der Waals surface area contributed by atoms with Crippen molar-refractivity contribution in [1.29, 1.82) is 0 Å². The van der Waals surface area contributed by atoms with Crippen molar-refractivity contribution in [2.75, 3.05) is 6.26 Å². The summed E-state index contributed by atoms with van der Waals surface area (Å²) in [4.78, 5) is 16.2. The standard InChI is InChI=1S/C15H12N2O5S2/c1-24(19,20)12-4-2-10(3-5-12)15(18)21-8-13-16-14(17-22-13)11-6-7-23-9-11/h2-7,9H,8H2,1H3. The minimum Gasteiger partial charge on any atom is -0.452 e. The number of sulfone groups is 1. The van der Waals surface area contributed by atoms with E-state index in [1.807, 2.05) is 16.8 Å². The first-order valence-corrected chi connectivity index (χ1v) is 9.59. The normalized spacial score (nSPS) is 11.4. The molecular formula is C15H12N2O5S2. The first-order valence-electron chi connectivity index (χ1n) is 6.76. The number of hydrogen-bond acceptors (Lipinski definition) is 8. The molecule has 2 aromatic heterocycles. The van der Waals surface area contributed by atoms with E-state index in [2.05, 4.69) is 10.1 Å². The number of thiophene rings is 1. The zero-order valence-corrected chi connectivity index (χ0v) is 14.1. The molecule has 0 aliphatic heterocycles. The van der Waals surface area contributed by atoms with Crippen LogP contribution in [0.25, 0.3) is 11.4 Å². The molecule has 0 aliphatic carbocycles. The number of esters is 1. The second-order valence-corrected chi connectivity index (χ2v) is 7.69. The summed E-state index contributed by atoms with van der Waals surface area (Å²) in [5.41, 5.74) is 1.07. The van der Waals surface area contributed by atoms with Crippen LogP contribution in [0.1, 0.15) is 16.2 Å². The molecule has 0 spiro atoms. The molecule has 0 N–H and O–H groups in total. The Morgan fingerprint density at radius 2 is 2.00 bits per heavy atom. The van der Waals surface area contributed by atoms with Crippen molar-refractivity contribution in [3.63, 3.8) is 0 Å². The third kappa shape index (κ3) is 3.69. The van der Waals surface area contributed by atoms with Crippen molar-refractivity contribution >= 4 is 27.1 Å². The van der Waals surface area contributed by atoms with Crippen LogP contribution in [-0.2, 0) is 21.2 Å². The number of benzene rings is 1. The van der Waals surface area contributed by atoms with E-state index in [1.54, 1.807) is 0 Å². The lowest BCUT2D eigenvalue weighted by atomic mass is 10.2. The molecule has 24 heavy (non-hydrogen) atoms. The Bertz CT molecular complexity index is 944. The smallest absolute Gasteiger partial charge is 0.338 e. The Labute approximate surface area is 141 Å². The van der Waals surface area contributed by atoms with Gasteiger partial charge in [0.05, 0.1) is 10.5 Å².